The minimum Gasteiger partial charge on any atom is -0.439 e. The van der Waals surface area contributed by atoms with Gasteiger partial charge in [0.05, 0.1) is 0 Å². The number of hydrogen-bond donors (Lipinski definition) is 1. The molecule has 3 nitrogen and oxygen atoms in total. The predicted molar refractivity (Wildman–Crippen MR) is 91.8 cm³/mol. The van der Waals surface area contributed by atoms with Crippen LogP contribution >= 0.6 is 28.1 Å². The molecule has 1 heterocycles. The summed E-state index contributed by atoms with van der Waals surface area (Å²) in [5.41, 5.74) is 6.26. The Labute approximate surface area is 135 Å². The van der Waals surface area contributed by atoms with E-state index < -0.39 is 0 Å². The van der Waals surface area contributed by atoms with Crippen molar-refractivity contribution in [1.29, 1.82) is 0 Å². The monoisotopic (exact) mass is 358 g/mol. The molecule has 0 bridgehead atoms. The predicted octanol–water partition coefficient (Wildman–Crippen LogP) is 4.42. The van der Waals surface area contributed by atoms with Gasteiger partial charge >= 0.3 is 0 Å². The number of rotatable bonds is 3. The Balaban J connectivity index is 1.87. The molecule has 0 radical (unpaired) electrons. The maximum Gasteiger partial charge on any atom is 0.219 e. The Kier molecular flexibility index (Phi) is 3.86. The largest absolute Gasteiger partial charge is 0.439 e. The van der Waals surface area contributed by atoms with Gasteiger partial charge < -0.3 is 10.5 Å². The van der Waals surface area contributed by atoms with Gasteiger partial charge in [-0.2, -0.15) is 0 Å². The number of nitrogens with zero attached hydrogens (tertiary/aromatic N) is 1. The number of halogens is 1. The van der Waals surface area contributed by atoms with Crippen LogP contribution in [0.1, 0.15) is 5.56 Å². The van der Waals surface area contributed by atoms with Crippen LogP contribution in [0.2, 0.25) is 0 Å². The number of fused-ring (bicyclic) bond motifs is 1. The van der Waals surface area contributed by atoms with Gasteiger partial charge in [0.25, 0.3) is 0 Å². The molecule has 0 fully saturated rings. The summed E-state index contributed by atoms with van der Waals surface area (Å²) in [6.45, 7) is 0. The maximum absolute atomic E-state index is 5.74. The Bertz CT molecular complexity index is 818. The maximum atomic E-state index is 5.74. The first-order valence-electron chi connectivity index (χ1n) is 6.25. The van der Waals surface area contributed by atoms with Crippen LogP contribution in [0.15, 0.2) is 59.2 Å². The summed E-state index contributed by atoms with van der Waals surface area (Å²) in [6.07, 6.45) is 1.61. The van der Waals surface area contributed by atoms with E-state index in [0.29, 0.717) is 10.9 Å². The van der Waals surface area contributed by atoms with E-state index in [1.165, 1.54) is 0 Å². The summed E-state index contributed by atoms with van der Waals surface area (Å²) >= 11 is 8.35. The highest BCUT2D eigenvalue weighted by atomic mass is 79.9. The normalized spacial score (nSPS) is 10.5. The molecule has 0 aliphatic rings. The highest BCUT2D eigenvalue weighted by Gasteiger charge is 2.02. The van der Waals surface area contributed by atoms with Crippen molar-refractivity contribution < 1.29 is 4.74 Å². The van der Waals surface area contributed by atoms with E-state index >= 15 is 0 Å². The summed E-state index contributed by atoms with van der Waals surface area (Å²) in [5.74, 6) is 1.24. The van der Waals surface area contributed by atoms with E-state index in [4.69, 9.17) is 22.7 Å². The zero-order valence-electron chi connectivity index (χ0n) is 10.9. The van der Waals surface area contributed by atoms with Crippen molar-refractivity contribution in [3.8, 4) is 11.6 Å². The molecule has 0 saturated carbocycles. The van der Waals surface area contributed by atoms with Gasteiger partial charge in [0.15, 0.2) is 0 Å². The van der Waals surface area contributed by atoms with Gasteiger partial charge in [0, 0.05) is 22.3 Å². The molecular weight excluding hydrogens is 348 g/mol. The zero-order valence-corrected chi connectivity index (χ0v) is 13.3. The molecule has 0 saturated heterocycles. The zero-order chi connectivity index (χ0) is 14.8. The SMILES string of the molecule is NC(=S)c1ccc(Oc2ccc3cc(Br)ccc3c2)nc1. The van der Waals surface area contributed by atoms with Gasteiger partial charge in [0.2, 0.25) is 5.88 Å². The van der Waals surface area contributed by atoms with Gasteiger partial charge in [0.1, 0.15) is 10.7 Å². The number of nitrogens with two attached hydrogens (primary N) is 1. The quantitative estimate of drug-likeness (QED) is 0.703. The van der Waals surface area contributed by atoms with Crippen LogP contribution in [0.3, 0.4) is 0 Å². The van der Waals surface area contributed by atoms with E-state index in [-0.39, 0.29) is 0 Å². The molecule has 3 rings (SSSR count). The average molecular weight is 359 g/mol. The molecule has 104 valence electrons. The Morgan fingerprint density at radius 3 is 2.52 bits per heavy atom. The van der Waals surface area contributed by atoms with E-state index in [2.05, 4.69) is 27.0 Å². The molecule has 0 amide bonds. The third kappa shape index (κ3) is 3.20. The number of benzene rings is 2. The van der Waals surface area contributed by atoms with Crippen molar-refractivity contribution in [2.24, 2.45) is 5.73 Å². The highest BCUT2D eigenvalue weighted by Crippen LogP contribution is 2.26. The van der Waals surface area contributed by atoms with Gasteiger partial charge in [-0.3, -0.25) is 0 Å². The molecule has 0 aliphatic heterocycles. The topological polar surface area (TPSA) is 48.1 Å². The number of thiocarbonyl (C=S) groups is 1. The molecule has 21 heavy (non-hydrogen) atoms. The lowest BCUT2D eigenvalue weighted by Gasteiger charge is -2.07. The van der Waals surface area contributed by atoms with E-state index in [1.807, 2.05) is 30.3 Å². The summed E-state index contributed by atoms with van der Waals surface area (Å²) in [7, 11) is 0. The first-order chi connectivity index (χ1) is 10.1. The third-order valence-electron chi connectivity index (χ3n) is 3.02. The van der Waals surface area contributed by atoms with Crippen molar-refractivity contribution in [3.63, 3.8) is 0 Å². The van der Waals surface area contributed by atoms with Crippen LogP contribution in [-0.2, 0) is 0 Å². The van der Waals surface area contributed by atoms with E-state index in [0.717, 1.165) is 26.6 Å². The fourth-order valence-electron chi connectivity index (χ4n) is 1.97. The molecule has 1 aromatic heterocycles. The summed E-state index contributed by atoms with van der Waals surface area (Å²) in [5, 5.41) is 2.25. The lowest BCUT2D eigenvalue weighted by molar-refractivity contribution is 0.463. The molecule has 3 aromatic rings. The van der Waals surface area contributed by atoms with Crippen LogP contribution in [0.5, 0.6) is 11.6 Å². The van der Waals surface area contributed by atoms with Crippen LogP contribution in [-0.4, -0.2) is 9.97 Å². The van der Waals surface area contributed by atoms with Gasteiger partial charge in [-0.15, -0.1) is 0 Å². The molecule has 2 N–H and O–H groups in total. The van der Waals surface area contributed by atoms with Crippen LogP contribution in [0.25, 0.3) is 10.8 Å². The van der Waals surface area contributed by atoms with Gasteiger partial charge in [-0.1, -0.05) is 40.3 Å². The minimum absolute atomic E-state index is 0.324. The second-order valence-corrected chi connectivity index (χ2v) is 5.86. The number of aromatic nitrogens is 1. The second kappa shape index (κ2) is 5.79. The van der Waals surface area contributed by atoms with Crippen molar-refractivity contribution >= 4 is 43.9 Å². The van der Waals surface area contributed by atoms with Gasteiger partial charge in [-0.25, -0.2) is 4.98 Å². The van der Waals surface area contributed by atoms with Crippen LogP contribution in [0.4, 0.5) is 0 Å². The molecule has 0 spiro atoms. The first kappa shape index (κ1) is 14.0. The number of hydrogen-bond acceptors (Lipinski definition) is 3. The fraction of sp³-hybridized carbons (Fsp3) is 0. The van der Waals surface area contributed by atoms with Gasteiger partial charge in [-0.05, 0) is 41.1 Å². The fourth-order valence-corrected chi connectivity index (χ4v) is 2.46. The summed E-state index contributed by atoms with van der Waals surface area (Å²) in [6, 6.07) is 15.6. The molecule has 0 aliphatic carbocycles. The van der Waals surface area contributed by atoms with Crippen molar-refractivity contribution in [3.05, 3.63) is 64.8 Å². The number of pyridine rings is 1. The molecule has 5 heteroatoms. The minimum atomic E-state index is 0.324. The van der Waals surface area contributed by atoms with Crippen molar-refractivity contribution in [2.45, 2.75) is 0 Å². The third-order valence-corrected chi connectivity index (χ3v) is 3.75. The first-order valence-corrected chi connectivity index (χ1v) is 7.45. The lowest BCUT2D eigenvalue weighted by atomic mass is 10.1. The molecular formula is C16H11BrN2OS. The number of ether oxygens (including phenoxy) is 1. The summed E-state index contributed by atoms with van der Waals surface area (Å²) in [4.78, 5) is 4.52. The van der Waals surface area contributed by atoms with E-state index in [9.17, 15) is 0 Å². The Morgan fingerprint density at radius 1 is 1.05 bits per heavy atom. The Hall–Kier alpha value is -1.98. The molecule has 0 atom stereocenters. The smallest absolute Gasteiger partial charge is 0.219 e. The second-order valence-electron chi connectivity index (χ2n) is 4.50. The van der Waals surface area contributed by atoms with Crippen molar-refractivity contribution in [1.82, 2.24) is 4.98 Å². The van der Waals surface area contributed by atoms with E-state index in [1.54, 1.807) is 18.3 Å². The molecule has 0 unspecified atom stereocenters. The summed E-state index contributed by atoms with van der Waals surface area (Å²) < 4.78 is 6.80. The van der Waals surface area contributed by atoms with Crippen LogP contribution < -0.4 is 10.5 Å². The Morgan fingerprint density at radius 2 is 1.81 bits per heavy atom. The molecule has 2 aromatic carbocycles. The standard InChI is InChI=1S/C16H11BrN2OS/c17-13-4-1-11-8-14(5-2-10(11)7-13)20-15-6-3-12(9-19-15)16(18)21/h1-9H,(H2,18,21). The average Bonchev–Trinajstić information content (AvgIpc) is 2.48. The highest BCUT2D eigenvalue weighted by molar-refractivity contribution is 9.10. The van der Waals surface area contributed by atoms with Crippen molar-refractivity contribution in [2.75, 3.05) is 0 Å². The van der Waals surface area contributed by atoms with Crippen LogP contribution in [0, 0.1) is 0 Å². The lowest BCUT2D eigenvalue weighted by Crippen LogP contribution is -2.09.